The van der Waals surface area contributed by atoms with Gasteiger partial charge in [0.2, 0.25) is 0 Å². The molecule has 0 saturated carbocycles. The van der Waals surface area contributed by atoms with E-state index in [1.165, 1.54) is 63.4 Å². The van der Waals surface area contributed by atoms with Gasteiger partial charge in [0.25, 0.3) is 0 Å². The number of rotatable bonds is 14. The van der Waals surface area contributed by atoms with E-state index in [4.69, 9.17) is 11.6 Å². The Bertz CT molecular complexity index is 404. The van der Waals surface area contributed by atoms with Gasteiger partial charge in [0, 0.05) is 0 Å². The van der Waals surface area contributed by atoms with Crippen LogP contribution in [0.4, 0.5) is 0 Å². The zero-order valence-corrected chi connectivity index (χ0v) is 16.5. The summed E-state index contributed by atoms with van der Waals surface area (Å²) in [5.41, 5.74) is 1.21. The fraction of sp³-hybridized carbons (Fsp3) is 0.727. The van der Waals surface area contributed by atoms with Crippen molar-refractivity contribution in [2.75, 3.05) is 0 Å². The van der Waals surface area contributed by atoms with Crippen LogP contribution in [-0.2, 0) is 6.42 Å². The first-order valence-electron chi connectivity index (χ1n) is 9.99. The Hall–Kier alpha value is -0.530. The van der Waals surface area contributed by atoms with Crippen LogP contribution >= 0.6 is 11.6 Å². The summed E-state index contributed by atoms with van der Waals surface area (Å²) in [4.78, 5) is -0.526. The van der Waals surface area contributed by atoms with Gasteiger partial charge >= 0.3 is 0 Å². The highest BCUT2D eigenvalue weighted by atomic mass is 35.5. The number of benzene rings is 1. The van der Waals surface area contributed by atoms with Gasteiger partial charge in [-0.15, -0.1) is 11.6 Å². The van der Waals surface area contributed by atoms with Crippen molar-refractivity contribution in [3.8, 4) is 0 Å². The fourth-order valence-electron chi connectivity index (χ4n) is 3.29. The van der Waals surface area contributed by atoms with Gasteiger partial charge in [0.05, 0.1) is 11.0 Å². The topological polar surface area (TPSA) is 20.2 Å². The molecule has 0 bridgehead atoms. The van der Waals surface area contributed by atoms with E-state index < -0.39 is 11.0 Å². The van der Waals surface area contributed by atoms with E-state index >= 15 is 0 Å². The molecule has 1 aromatic carbocycles. The van der Waals surface area contributed by atoms with Crippen molar-refractivity contribution in [2.45, 2.75) is 102 Å². The normalized spacial score (nSPS) is 15.2. The highest BCUT2D eigenvalue weighted by Gasteiger charge is 2.32. The molecule has 0 aliphatic carbocycles. The number of unbranched alkanes of at least 4 members (excludes halogenated alkanes) is 9. The van der Waals surface area contributed by atoms with Gasteiger partial charge in [0.1, 0.15) is 0 Å². The second kappa shape index (κ2) is 12.8. The molecule has 138 valence electrons. The zero-order chi connectivity index (χ0) is 17.7. The SMILES string of the molecule is CCCCCCCCCCCCC(Cl)(Cc1ccccc1)C(C)O. The van der Waals surface area contributed by atoms with E-state index in [-0.39, 0.29) is 0 Å². The van der Waals surface area contributed by atoms with E-state index in [2.05, 4.69) is 19.1 Å². The van der Waals surface area contributed by atoms with Crippen LogP contribution in [0.1, 0.15) is 90.0 Å². The van der Waals surface area contributed by atoms with Crippen LogP contribution in [0.15, 0.2) is 30.3 Å². The van der Waals surface area contributed by atoms with Gasteiger partial charge in [-0.2, -0.15) is 0 Å². The summed E-state index contributed by atoms with van der Waals surface area (Å²) in [6.07, 6.45) is 14.4. The monoisotopic (exact) mass is 352 g/mol. The molecule has 0 fully saturated rings. The van der Waals surface area contributed by atoms with Gasteiger partial charge < -0.3 is 5.11 Å². The van der Waals surface area contributed by atoms with Crippen molar-refractivity contribution in [2.24, 2.45) is 0 Å². The van der Waals surface area contributed by atoms with Gasteiger partial charge in [-0.25, -0.2) is 0 Å². The molecule has 1 nitrogen and oxygen atoms in total. The summed E-state index contributed by atoms with van der Waals surface area (Å²) in [6, 6.07) is 10.3. The molecule has 1 N–H and O–H groups in total. The third kappa shape index (κ3) is 9.08. The van der Waals surface area contributed by atoms with Crippen LogP contribution in [0.3, 0.4) is 0 Å². The summed E-state index contributed by atoms with van der Waals surface area (Å²) in [5.74, 6) is 0. The first-order chi connectivity index (χ1) is 11.6. The Morgan fingerprint density at radius 2 is 1.38 bits per heavy atom. The Kier molecular flexibility index (Phi) is 11.5. The lowest BCUT2D eigenvalue weighted by Gasteiger charge is -2.30. The van der Waals surface area contributed by atoms with Crippen molar-refractivity contribution >= 4 is 11.6 Å². The minimum absolute atomic E-state index is 0.488. The maximum atomic E-state index is 10.1. The second-order valence-electron chi connectivity index (χ2n) is 7.30. The van der Waals surface area contributed by atoms with Gasteiger partial charge in [0.15, 0.2) is 0 Å². The third-order valence-corrected chi connectivity index (χ3v) is 5.67. The van der Waals surface area contributed by atoms with Crippen LogP contribution in [-0.4, -0.2) is 16.1 Å². The molecule has 0 spiro atoms. The standard InChI is InChI=1S/C22H37ClO/c1-3-4-5-6-7-8-9-10-11-15-18-22(23,20(2)24)19-21-16-13-12-14-17-21/h12-14,16-17,20,24H,3-11,15,18-19H2,1-2H3. The Morgan fingerprint density at radius 1 is 0.875 bits per heavy atom. The van der Waals surface area contributed by atoms with Crippen LogP contribution in [0.2, 0.25) is 0 Å². The lowest BCUT2D eigenvalue weighted by atomic mass is 9.88. The molecule has 1 aromatic rings. The van der Waals surface area contributed by atoms with E-state index in [1.54, 1.807) is 0 Å². The van der Waals surface area contributed by atoms with Crippen molar-refractivity contribution in [1.29, 1.82) is 0 Å². The molecule has 0 aromatic heterocycles. The second-order valence-corrected chi connectivity index (χ2v) is 8.06. The smallest absolute Gasteiger partial charge is 0.0742 e. The molecule has 2 unspecified atom stereocenters. The number of aliphatic hydroxyl groups is 1. The van der Waals surface area contributed by atoms with Crippen LogP contribution in [0.25, 0.3) is 0 Å². The highest BCUT2D eigenvalue weighted by molar-refractivity contribution is 6.24. The molecule has 1 rings (SSSR count). The van der Waals surface area contributed by atoms with Gasteiger partial charge in [-0.1, -0.05) is 101 Å². The lowest BCUT2D eigenvalue weighted by molar-refractivity contribution is 0.134. The van der Waals surface area contributed by atoms with E-state index in [0.29, 0.717) is 0 Å². The molecule has 0 aliphatic rings. The minimum atomic E-state index is -0.526. The van der Waals surface area contributed by atoms with Crippen molar-refractivity contribution < 1.29 is 5.11 Å². The maximum Gasteiger partial charge on any atom is 0.0742 e. The summed E-state index contributed by atoms with van der Waals surface area (Å²) < 4.78 is 0. The quantitative estimate of drug-likeness (QED) is 0.285. The van der Waals surface area contributed by atoms with Crippen LogP contribution in [0.5, 0.6) is 0 Å². The average molecular weight is 353 g/mol. The number of aliphatic hydroxyl groups excluding tert-OH is 1. The maximum absolute atomic E-state index is 10.1. The highest BCUT2D eigenvalue weighted by Crippen LogP contribution is 2.31. The molecule has 0 radical (unpaired) electrons. The molecule has 2 atom stereocenters. The Morgan fingerprint density at radius 3 is 1.88 bits per heavy atom. The molecule has 0 aliphatic heterocycles. The summed E-state index contributed by atoms with van der Waals surface area (Å²) in [7, 11) is 0. The average Bonchev–Trinajstić information content (AvgIpc) is 2.57. The number of hydrogen-bond acceptors (Lipinski definition) is 1. The summed E-state index contributed by atoms with van der Waals surface area (Å²) in [6.45, 7) is 4.09. The molecule has 0 saturated heterocycles. The first-order valence-corrected chi connectivity index (χ1v) is 10.4. The summed E-state index contributed by atoms with van der Waals surface area (Å²) in [5, 5.41) is 10.1. The minimum Gasteiger partial charge on any atom is -0.392 e. The largest absolute Gasteiger partial charge is 0.392 e. The van der Waals surface area contributed by atoms with Gasteiger partial charge in [-0.05, 0) is 25.3 Å². The van der Waals surface area contributed by atoms with E-state index in [1.807, 2.05) is 25.1 Å². The van der Waals surface area contributed by atoms with Gasteiger partial charge in [-0.3, -0.25) is 0 Å². The number of hydrogen-bond donors (Lipinski definition) is 1. The predicted molar refractivity (Wildman–Crippen MR) is 107 cm³/mol. The predicted octanol–water partition coefficient (Wildman–Crippen LogP) is 6.90. The fourth-order valence-corrected chi connectivity index (χ4v) is 3.57. The molecular formula is C22H37ClO. The first kappa shape index (κ1) is 21.5. The molecule has 24 heavy (non-hydrogen) atoms. The molecular weight excluding hydrogens is 316 g/mol. The molecule has 0 heterocycles. The van der Waals surface area contributed by atoms with Crippen LogP contribution < -0.4 is 0 Å². The summed E-state index contributed by atoms with van der Waals surface area (Å²) >= 11 is 6.77. The number of halogens is 1. The Labute approximate surface area is 154 Å². The number of alkyl halides is 1. The molecule has 2 heteroatoms. The zero-order valence-electron chi connectivity index (χ0n) is 15.8. The Balaban J connectivity index is 2.18. The van der Waals surface area contributed by atoms with Crippen molar-refractivity contribution in [3.05, 3.63) is 35.9 Å². The lowest BCUT2D eigenvalue weighted by Crippen LogP contribution is -2.37. The van der Waals surface area contributed by atoms with E-state index in [9.17, 15) is 5.11 Å². The van der Waals surface area contributed by atoms with Crippen molar-refractivity contribution in [1.82, 2.24) is 0 Å². The van der Waals surface area contributed by atoms with Crippen molar-refractivity contribution in [3.63, 3.8) is 0 Å². The van der Waals surface area contributed by atoms with E-state index in [0.717, 1.165) is 19.3 Å². The molecule has 0 amide bonds. The third-order valence-electron chi connectivity index (χ3n) is 5.04. The van der Waals surface area contributed by atoms with Crippen LogP contribution in [0, 0.1) is 0 Å².